The molecule has 0 saturated heterocycles. The number of nitrogens with zero attached hydrogens (tertiary/aromatic N) is 2. The van der Waals surface area contributed by atoms with Crippen LogP contribution in [0.5, 0.6) is 0 Å². The largest absolute Gasteiger partial charge is 0.361 e. The van der Waals surface area contributed by atoms with Crippen molar-refractivity contribution in [1.82, 2.24) is 10.1 Å². The summed E-state index contributed by atoms with van der Waals surface area (Å²) in [7, 11) is 1.82. The Labute approximate surface area is 159 Å². The minimum atomic E-state index is -0.274. The number of hydrogen-bond donors (Lipinski definition) is 1. The van der Waals surface area contributed by atoms with E-state index in [1.54, 1.807) is 4.90 Å². The number of nitrogens with two attached hydrogens (primary N) is 1. The summed E-state index contributed by atoms with van der Waals surface area (Å²) in [6.45, 7) is 0.654. The molecule has 0 bridgehead atoms. The van der Waals surface area contributed by atoms with Crippen LogP contribution < -0.4 is 5.73 Å². The lowest BCUT2D eigenvalue weighted by Gasteiger charge is -2.19. The Kier molecular flexibility index (Phi) is 6.39. The summed E-state index contributed by atoms with van der Waals surface area (Å²) in [5.74, 6) is 0.879. The fraction of sp³-hybridized carbons (Fsp3) is 0.273. The molecule has 2 aromatic carbocycles. The highest BCUT2D eigenvalue weighted by Gasteiger charge is 2.15. The third-order valence-electron chi connectivity index (χ3n) is 4.59. The zero-order chi connectivity index (χ0) is 19.1. The smallest absolute Gasteiger partial charge is 0.224 e. The average molecular weight is 363 g/mol. The van der Waals surface area contributed by atoms with E-state index in [0.29, 0.717) is 13.0 Å². The highest BCUT2D eigenvalue weighted by Crippen LogP contribution is 2.19. The molecule has 0 radical (unpaired) electrons. The van der Waals surface area contributed by atoms with Crippen LogP contribution in [0.3, 0.4) is 0 Å². The Hall–Kier alpha value is -2.92. The van der Waals surface area contributed by atoms with E-state index in [-0.39, 0.29) is 11.9 Å². The fourth-order valence-corrected chi connectivity index (χ4v) is 2.95. The zero-order valence-electron chi connectivity index (χ0n) is 15.5. The number of aromatic nitrogens is 1. The van der Waals surface area contributed by atoms with Crippen LogP contribution in [0, 0.1) is 0 Å². The molecule has 0 saturated carbocycles. The first kappa shape index (κ1) is 18.9. The van der Waals surface area contributed by atoms with Crippen molar-refractivity contribution in [3.8, 4) is 11.3 Å². The van der Waals surface area contributed by atoms with Crippen LogP contribution in [0.1, 0.15) is 30.2 Å². The standard InChI is InChI=1S/C22H25N3O2/c1-25(22(26)16-20(23)17-9-4-2-5-10-17)14-8-13-19-15-21(24-27-19)18-11-6-3-7-12-18/h2-7,9-12,15,20H,8,13-14,16,23H2,1H3. The summed E-state index contributed by atoms with van der Waals surface area (Å²) in [5.41, 5.74) is 9.00. The molecule has 1 aromatic heterocycles. The molecule has 5 heteroatoms. The van der Waals surface area contributed by atoms with Crippen LogP contribution in [-0.2, 0) is 11.2 Å². The molecule has 1 heterocycles. The first-order valence-electron chi connectivity index (χ1n) is 9.19. The number of carbonyl (C=O) groups excluding carboxylic acids is 1. The lowest BCUT2D eigenvalue weighted by Crippen LogP contribution is -2.30. The maximum Gasteiger partial charge on any atom is 0.224 e. The topological polar surface area (TPSA) is 72.4 Å². The molecule has 0 aliphatic rings. The molecule has 3 rings (SSSR count). The van der Waals surface area contributed by atoms with Gasteiger partial charge in [-0.1, -0.05) is 65.8 Å². The monoisotopic (exact) mass is 363 g/mol. The number of hydrogen-bond acceptors (Lipinski definition) is 4. The molecule has 1 amide bonds. The third-order valence-corrected chi connectivity index (χ3v) is 4.59. The summed E-state index contributed by atoms with van der Waals surface area (Å²) in [6, 6.07) is 21.3. The van der Waals surface area contributed by atoms with Crippen LogP contribution in [0.15, 0.2) is 71.3 Å². The van der Waals surface area contributed by atoms with Crippen LogP contribution in [0.2, 0.25) is 0 Å². The first-order chi connectivity index (χ1) is 13.1. The fourth-order valence-electron chi connectivity index (χ4n) is 2.95. The molecule has 0 aliphatic carbocycles. The van der Waals surface area contributed by atoms with Gasteiger partial charge in [0.05, 0.1) is 0 Å². The van der Waals surface area contributed by atoms with Crippen LogP contribution in [0.25, 0.3) is 11.3 Å². The predicted molar refractivity (Wildman–Crippen MR) is 106 cm³/mol. The Morgan fingerprint density at radius 1 is 1.11 bits per heavy atom. The van der Waals surface area contributed by atoms with Gasteiger partial charge in [0.2, 0.25) is 5.91 Å². The van der Waals surface area contributed by atoms with Gasteiger partial charge < -0.3 is 15.2 Å². The Bertz CT molecular complexity index is 846. The Morgan fingerprint density at radius 2 is 1.78 bits per heavy atom. The number of aryl methyl sites for hydroxylation is 1. The van der Waals surface area contributed by atoms with Crippen molar-refractivity contribution in [1.29, 1.82) is 0 Å². The summed E-state index contributed by atoms with van der Waals surface area (Å²) in [5, 5.41) is 4.12. The number of amides is 1. The summed E-state index contributed by atoms with van der Waals surface area (Å²) in [4.78, 5) is 14.1. The van der Waals surface area contributed by atoms with Crippen molar-refractivity contribution < 1.29 is 9.32 Å². The van der Waals surface area contributed by atoms with E-state index < -0.39 is 0 Å². The Morgan fingerprint density at radius 3 is 2.48 bits per heavy atom. The van der Waals surface area contributed by atoms with E-state index in [4.69, 9.17) is 10.3 Å². The predicted octanol–water partition coefficient (Wildman–Crippen LogP) is 3.82. The van der Waals surface area contributed by atoms with Gasteiger partial charge in [-0.05, 0) is 12.0 Å². The summed E-state index contributed by atoms with van der Waals surface area (Å²) < 4.78 is 5.41. The molecule has 0 aliphatic heterocycles. The zero-order valence-corrected chi connectivity index (χ0v) is 15.5. The van der Waals surface area contributed by atoms with Gasteiger partial charge in [-0.3, -0.25) is 4.79 Å². The molecule has 140 valence electrons. The van der Waals surface area contributed by atoms with Crippen LogP contribution >= 0.6 is 0 Å². The van der Waals surface area contributed by atoms with Gasteiger partial charge in [-0.2, -0.15) is 0 Å². The van der Waals surface area contributed by atoms with E-state index in [0.717, 1.165) is 35.4 Å². The maximum absolute atomic E-state index is 12.4. The number of carbonyl (C=O) groups is 1. The van der Waals surface area contributed by atoms with E-state index in [9.17, 15) is 4.79 Å². The molecule has 1 unspecified atom stereocenters. The quantitative estimate of drug-likeness (QED) is 0.660. The van der Waals surface area contributed by atoms with Crippen LogP contribution in [-0.4, -0.2) is 29.6 Å². The second kappa shape index (κ2) is 9.14. The van der Waals surface area contributed by atoms with Gasteiger partial charge >= 0.3 is 0 Å². The van der Waals surface area contributed by atoms with Gasteiger partial charge in [-0.15, -0.1) is 0 Å². The third kappa shape index (κ3) is 5.28. The van der Waals surface area contributed by atoms with Gasteiger partial charge in [0.15, 0.2) is 0 Å². The molecular formula is C22H25N3O2. The molecule has 2 N–H and O–H groups in total. The van der Waals surface area contributed by atoms with Crippen molar-refractivity contribution in [3.63, 3.8) is 0 Å². The van der Waals surface area contributed by atoms with Crippen molar-refractivity contribution in [3.05, 3.63) is 78.1 Å². The van der Waals surface area contributed by atoms with Gasteiger partial charge in [0.25, 0.3) is 0 Å². The van der Waals surface area contributed by atoms with Crippen molar-refractivity contribution in [2.24, 2.45) is 5.73 Å². The van der Waals surface area contributed by atoms with E-state index in [1.165, 1.54) is 0 Å². The van der Waals surface area contributed by atoms with Crippen LogP contribution in [0.4, 0.5) is 0 Å². The molecule has 0 fully saturated rings. The van der Waals surface area contributed by atoms with Gasteiger partial charge in [0, 0.05) is 44.1 Å². The number of rotatable bonds is 8. The van der Waals surface area contributed by atoms with Crippen molar-refractivity contribution >= 4 is 5.91 Å². The van der Waals surface area contributed by atoms with E-state index in [1.807, 2.05) is 73.8 Å². The molecular weight excluding hydrogens is 338 g/mol. The van der Waals surface area contributed by atoms with Gasteiger partial charge in [-0.25, -0.2) is 0 Å². The molecule has 27 heavy (non-hydrogen) atoms. The summed E-state index contributed by atoms with van der Waals surface area (Å²) in [6.07, 6.45) is 1.86. The van der Waals surface area contributed by atoms with Gasteiger partial charge in [0.1, 0.15) is 11.5 Å². The first-order valence-corrected chi connectivity index (χ1v) is 9.19. The van der Waals surface area contributed by atoms with E-state index in [2.05, 4.69) is 5.16 Å². The Balaban J connectivity index is 1.45. The molecule has 3 aromatic rings. The minimum absolute atomic E-state index is 0.0499. The van der Waals surface area contributed by atoms with E-state index >= 15 is 0 Å². The summed E-state index contributed by atoms with van der Waals surface area (Å²) >= 11 is 0. The second-order valence-corrected chi connectivity index (χ2v) is 6.68. The lowest BCUT2D eigenvalue weighted by molar-refractivity contribution is -0.130. The molecule has 1 atom stereocenters. The minimum Gasteiger partial charge on any atom is -0.361 e. The average Bonchev–Trinajstić information content (AvgIpc) is 3.18. The number of benzene rings is 2. The molecule has 0 spiro atoms. The maximum atomic E-state index is 12.4. The van der Waals surface area contributed by atoms with Crippen molar-refractivity contribution in [2.45, 2.75) is 25.3 Å². The lowest BCUT2D eigenvalue weighted by atomic mass is 10.0. The highest BCUT2D eigenvalue weighted by molar-refractivity contribution is 5.76. The second-order valence-electron chi connectivity index (χ2n) is 6.68. The highest BCUT2D eigenvalue weighted by atomic mass is 16.5. The normalized spacial score (nSPS) is 11.9. The van der Waals surface area contributed by atoms with Crippen molar-refractivity contribution in [2.75, 3.05) is 13.6 Å². The SMILES string of the molecule is CN(CCCc1cc(-c2ccccc2)no1)C(=O)CC(N)c1ccccc1. The molecule has 5 nitrogen and oxygen atoms in total.